The maximum absolute atomic E-state index is 5.05. The van der Waals surface area contributed by atoms with Crippen LogP contribution in [0.5, 0.6) is 0 Å². The number of hydrazone groups is 1. The molecule has 70 valence electrons. The normalized spacial score (nSPS) is 11.3. The number of hydrogen-bond acceptors (Lipinski definition) is 2. The van der Waals surface area contributed by atoms with Gasteiger partial charge in [0.1, 0.15) is 0 Å². The van der Waals surface area contributed by atoms with Crippen molar-refractivity contribution < 1.29 is 0 Å². The molecule has 1 rings (SSSR count). The van der Waals surface area contributed by atoms with E-state index in [2.05, 4.69) is 31.1 Å². The SMILES string of the molecule is CC(C)Cc1ccc(C=NN)cc1. The summed E-state index contributed by atoms with van der Waals surface area (Å²) in [4.78, 5) is 0. The van der Waals surface area contributed by atoms with Crippen molar-refractivity contribution >= 4 is 6.21 Å². The van der Waals surface area contributed by atoms with Crippen molar-refractivity contribution in [2.75, 3.05) is 0 Å². The molecular formula is C11H16N2. The van der Waals surface area contributed by atoms with Gasteiger partial charge in [-0.15, -0.1) is 0 Å². The topological polar surface area (TPSA) is 38.4 Å². The second kappa shape index (κ2) is 4.65. The minimum Gasteiger partial charge on any atom is -0.323 e. The van der Waals surface area contributed by atoms with Gasteiger partial charge in [-0.3, -0.25) is 0 Å². The molecule has 0 bridgehead atoms. The quantitative estimate of drug-likeness (QED) is 0.428. The van der Waals surface area contributed by atoms with Crippen molar-refractivity contribution in [3.63, 3.8) is 0 Å². The van der Waals surface area contributed by atoms with Crippen molar-refractivity contribution in [3.8, 4) is 0 Å². The molecule has 1 aromatic carbocycles. The summed E-state index contributed by atoms with van der Waals surface area (Å²) in [5, 5.41) is 3.47. The average molecular weight is 176 g/mol. The van der Waals surface area contributed by atoms with E-state index in [0.29, 0.717) is 5.92 Å². The Morgan fingerprint density at radius 1 is 1.31 bits per heavy atom. The van der Waals surface area contributed by atoms with Crippen LogP contribution in [0.2, 0.25) is 0 Å². The Labute approximate surface area is 79.5 Å². The highest BCUT2D eigenvalue weighted by atomic mass is 15.1. The summed E-state index contributed by atoms with van der Waals surface area (Å²) in [6.45, 7) is 4.44. The Balaban J connectivity index is 2.69. The zero-order valence-corrected chi connectivity index (χ0v) is 8.20. The summed E-state index contributed by atoms with van der Waals surface area (Å²) in [6, 6.07) is 8.32. The predicted molar refractivity (Wildman–Crippen MR) is 56.8 cm³/mol. The Kier molecular flexibility index (Phi) is 3.50. The van der Waals surface area contributed by atoms with Crippen LogP contribution in [0.4, 0.5) is 0 Å². The Morgan fingerprint density at radius 3 is 2.38 bits per heavy atom. The van der Waals surface area contributed by atoms with Crippen molar-refractivity contribution in [2.45, 2.75) is 20.3 Å². The van der Waals surface area contributed by atoms with E-state index in [1.54, 1.807) is 6.21 Å². The van der Waals surface area contributed by atoms with Crippen LogP contribution in [0.3, 0.4) is 0 Å². The maximum Gasteiger partial charge on any atom is 0.0538 e. The number of hydrogen-bond donors (Lipinski definition) is 1. The van der Waals surface area contributed by atoms with Gasteiger partial charge in [0, 0.05) is 0 Å². The van der Waals surface area contributed by atoms with Crippen LogP contribution in [-0.4, -0.2) is 6.21 Å². The first-order valence-corrected chi connectivity index (χ1v) is 4.54. The van der Waals surface area contributed by atoms with E-state index in [4.69, 9.17) is 5.84 Å². The molecule has 0 spiro atoms. The molecule has 0 saturated carbocycles. The van der Waals surface area contributed by atoms with Gasteiger partial charge in [0.15, 0.2) is 0 Å². The third-order valence-electron chi connectivity index (χ3n) is 1.85. The molecule has 0 aliphatic heterocycles. The molecule has 0 amide bonds. The molecule has 1 aromatic rings. The van der Waals surface area contributed by atoms with Crippen molar-refractivity contribution in [3.05, 3.63) is 35.4 Å². The van der Waals surface area contributed by atoms with Gasteiger partial charge in [-0.2, -0.15) is 5.10 Å². The average Bonchev–Trinajstić information content (AvgIpc) is 2.08. The van der Waals surface area contributed by atoms with E-state index >= 15 is 0 Å². The van der Waals surface area contributed by atoms with E-state index in [0.717, 1.165) is 12.0 Å². The van der Waals surface area contributed by atoms with Gasteiger partial charge in [0.25, 0.3) is 0 Å². The third kappa shape index (κ3) is 3.28. The minimum absolute atomic E-state index is 0.703. The van der Waals surface area contributed by atoms with Gasteiger partial charge in [0.2, 0.25) is 0 Å². The van der Waals surface area contributed by atoms with Crippen molar-refractivity contribution in [1.29, 1.82) is 0 Å². The van der Waals surface area contributed by atoms with Crippen LogP contribution in [-0.2, 0) is 6.42 Å². The lowest BCUT2D eigenvalue weighted by atomic mass is 10.0. The summed E-state index contributed by atoms with van der Waals surface area (Å²) in [7, 11) is 0. The zero-order chi connectivity index (χ0) is 9.68. The molecule has 0 unspecified atom stereocenters. The summed E-state index contributed by atoms with van der Waals surface area (Å²) in [5.74, 6) is 5.75. The molecule has 0 atom stereocenters. The monoisotopic (exact) mass is 176 g/mol. The molecule has 13 heavy (non-hydrogen) atoms. The van der Waals surface area contributed by atoms with E-state index < -0.39 is 0 Å². The van der Waals surface area contributed by atoms with Gasteiger partial charge in [0.05, 0.1) is 6.21 Å². The summed E-state index contributed by atoms with van der Waals surface area (Å²) < 4.78 is 0. The first-order valence-electron chi connectivity index (χ1n) is 4.54. The maximum atomic E-state index is 5.05. The van der Waals surface area contributed by atoms with Gasteiger partial charge >= 0.3 is 0 Å². The van der Waals surface area contributed by atoms with Crippen LogP contribution < -0.4 is 5.84 Å². The van der Waals surface area contributed by atoms with E-state index in [1.165, 1.54) is 5.56 Å². The second-order valence-corrected chi connectivity index (χ2v) is 3.62. The lowest BCUT2D eigenvalue weighted by molar-refractivity contribution is 0.647. The van der Waals surface area contributed by atoms with Gasteiger partial charge in [-0.25, -0.2) is 0 Å². The molecule has 2 N–H and O–H groups in total. The van der Waals surface area contributed by atoms with Crippen LogP contribution in [0.1, 0.15) is 25.0 Å². The van der Waals surface area contributed by atoms with Crippen LogP contribution in [0, 0.1) is 5.92 Å². The van der Waals surface area contributed by atoms with Crippen molar-refractivity contribution in [1.82, 2.24) is 0 Å². The first kappa shape index (κ1) is 9.78. The first-order chi connectivity index (χ1) is 6.22. The van der Waals surface area contributed by atoms with E-state index in [1.807, 2.05) is 12.1 Å². The molecule has 0 heterocycles. The molecule has 0 fully saturated rings. The van der Waals surface area contributed by atoms with Gasteiger partial charge in [-0.05, 0) is 23.5 Å². The fraction of sp³-hybridized carbons (Fsp3) is 0.364. The minimum atomic E-state index is 0.703. The summed E-state index contributed by atoms with van der Waals surface area (Å²) in [5.41, 5.74) is 2.42. The van der Waals surface area contributed by atoms with Gasteiger partial charge < -0.3 is 5.84 Å². The fourth-order valence-corrected chi connectivity index (χ4v) is 1.30. The summed E-state index contributed by atoms with van der Waals surface area (Å²) >= 11 is 0. The number of rotatable bonds is 3. The highest BCUT2D eigenvalue weighted by Crippen LogP contribution is 2.08. The standard InChI is InChI=1S/C11H16N2/c1-9(2)7-10-3-5-11(6-4-10)8-13-12/h3-6,8-9H,7,12H2,1-2H3. The molecule has 0 aliphatic rings. The molecule has 0 aromatic heterocycles. The van der Waals surface area contributed by atoms with Crippen LogP contribution in [0.15, 0.2) is 29.4 Å². The largest absolute Gasteiger partial charge is 0.323 e. The van der Waals surface area contributed by atoms with Crippen LogP contribution >= 0.6 is 0 Å². The number of nitrogens with two attached hydrogens (primary N) is 1. The Bertz CT molecular complexity index is 273. The third-order valence-corrected chi connectivity index (χ3v) is 1.85. The smallest absolute Gasteiger partial charge is 0.0538 e. The second-order valence-electron chi connectivity index (χ2n) is 3.62. The lowest BCUT2D eigenvalue weighted by Gasteiger charge is -2.04. The predicted octanol–water partition coefficient (Wildman–Crippen LogP) is 2.18. The molecule has 0 aliphatic carbocycles. The summed E-state index contributed by atoms with van der Waals surface area (Å²) in [6.07, 6.45) is 2.78. The van der Waals surface area contributed by atoms with Crippen LogP contribution in [0.25, 0.3) is 0 Å². The van der Waals surface area contributed by atoms with E-state index in [9.17, 15) is 0 Å². The highest BCUT2D eigenvalue weighted by molar-refractivity contribution is 5.79. The van der Waals surface area contributed by atoms with Gasteiger partial charge in [-0.1, -0.05) is 38.1 Å². The zero-order valence-electron chi connectivity index (χ0n) is 8.20. The number of benzene rings is 1. The molecular weight excluding hydrogens is 160 g/mol. The highest BCUT2D eigenvalue weighted by Gasteiger charge is 1.96. The molecule has 2 heteroatoms. The van der Waals surface area contributed by atoms with Crippen molar-refractivity contribution in [2.24, 2.45) is 16.9 Å². The number of nitrogens with zero attached hydrogens (tertiary/aromatic N) is 1. The Morgan fingerprint density at radius 2 is 1.92 bits per heavy atom. The fourth-order valence-electron chi connectivity index (χ4n) is 1.30. The lowest BCUT2D eigenvalue weighted by Crippen LogP contribution is -1.94. The molecule has 2 nitrogen and oxygen atoms in total. The Hall–Kier alpha value is -1.31. The molecule has 0 radical (unpaired) electrons. The molecule has 0 saturated heterocycles. The van der Waals surface area contributed by atoms with E-state index in [-0.39, 0.29) is 0 Å².